The van der Waals surface area contributed by atoms with Gasteiger partial charge in [0.2, 0.25) is 0 Å². The highest BCUT2D eigenvalue weighted by molar-refractivity contribution is 6.91. The van der Waals surface area contributed by atoms with Gasteiger partial charge in [-0.3, -0.25) is 0 Å². The van der Waals surface area contributed by atoms with Gasteiger partial charge >= 0.3 is 0 Å². The first kappa shape index (κ1) is 11.7. The van der Waals surface area contributed by atoms with E-state index < -0.39 is 8.07 Å². The Kier molecular flexibility index (Phi) is 4.14. The molecule has 78 valence electrons. The van der Waals surface area contributed by atoms with Crippen LogP contribution in [0.2, 0.25) is 23.3 Å². The molecule has 3 heteroatoms. The lowest BCUT2D eigenvalue weighted by Crippen LogP contribution is -2.45. The first-order chi connectivity index (χ1) is 6.68. The molecule has 0 atom stereocenters. The molecule has 0 radical (unpaired) electrons. The fourth-order valence-corrected chi connectivity index (χ4v) is 5.66. The van der Waals surface area contributed by atoms with E-state index in [1.807, 2.05) is 12.3 Å². The van der Waals surface area contributed by atoms with E-state index in [2.05, 4.69) is 31.8 Å². The van der Waals surface area contributed by atoms with Gasteiger partial charge in [0.15, 0.2) is 0 Å². The second kappa shape index (κ2) is 4.94. The molecular weight excluding hydrogens is 210 g/mol. The van der Waals surface area contributed by atoms with Gasteiger partial charge < -0.3 is 0 Å². The van der Waals surface area contributed by atoms with Crippen molar-refractivity contribution in [1.82, 2.24) is 4.98 Å². The molecule has 0 N–H and O–H groups in total. The summed E-state index contributed by atoms with van der Waals surface area (Å²) in [6, 6.07) is 7.97. The van der Waals surface area contributed by atoms with Crippen molar-refractivity contribution in [2.24, 2.45) is 0 Å². The molecule has 1 aromatic rings. The Morgan fingerprint density at radius 3 is 2.07 bits per heavy atom. The lowest BCUT2D eigenvalue weighted by atomic mass is 10.5. The van der Waals surface area contributed by atoms with Gasteiger partial charge in [-0.25, -0.2) is 4.98 Å². The predicted octanol–water partition coefficient (Wildman–Crippen LogP) is 3.45. The fourth-order valence-electron chi connectivity index (χ4n) is 2.05. The number of halogens is 1. The van der Waals surface area contributed by atoms with Crippen LogP contribution in [0.15, 0.2) is 18.3 Å². The summed E-state index contributed by atoms with van der Waals surface area (Å²) in [6.07, 6.45) is 1.98. The van der Waals surface area contributed by atoms with Crippen LogP contribution in [0, 0.1) is 0 Å². The summed E-state index contributed by atoms with van der Waals surface area (Å²) in [6.45, 7) is 6.90. The van der Waals surface area contributed by atoms with E-state index in [1.165, 1.54) is 23.3 Å². The van der Waals surface area contributed by atoms with E-state index in [9.17, 15) is 0 Å². The van der Waals surface area contributed by atoms with E-state index in [1.54, 1.807) is 0 Å². The van der Waals surface area contributed by atoms with E-state index in [4.69, 9.17) is 11.6 Å². The van der Waals surface area contributed by atoms with Crippen molar-refractivity contribution >= 4 is 24.9 Å². The molecular formula is C11H18ClNSi. The second-order valence-electron chi connectivity index (χ2n) is 3.71. The maximum absolute atomic E-state index is 5.80. The Morgan fingerprint density at radius 2 is 1.71 bits per heavy atom. The summed E-state index contributed by atoms with van der Waals surface area (Å²) in [7, 11) is -1.24. The summed E-state index contributed by atoms with van der Waals surface area (Å²) in [5.74, 6) is 0. The van der Waals surface area contributed by atoms with Gasteiger partial charge in [-0.05, 0) is 11.3 Å². The van der Waals surface area contributed by atoms with Crippen LogP contribution >= 0.6 is 11.6 Å². The Labute approximate surface area is 92.5 Å². The molecule has 0 saturated heterocycles. The van der Waals surface area contributed by atoms with Crippen LogP contribution in [-0.2, 0) is 0 Å². The van der Waals surface area contributed by atoms with Crippen LogP contribution in [0.25, 0.3) is 0 Å². The van der Waals surface area contributed by atoms with Gasteiger partial charge in [-0.2, -0.15) is 0 Å². The number of nitrogens with zero attached hydrogens (tertiary/aromatic N) is 1. The molecule has 0 aliphatic rings. The quantitative estimate of drug-likeness (QED) is 0.567. The molecule has 14 heavy (non-hydrogen) atoms. The standard InChI is InChI=1S/C11H18ClNSi/c1-4-14(5-2,6-3)10-7-8-11(12)13-9-10/h7-9H,4-6H2,1-3H3. The van der Waals surface area contributed by atoms with Gasteiger partial charge in [-0.15, -0.1) is 0 Å². The molecule has 0 spiro atoms. The molecule has 0 unspecified atom stereocenters. The first-order valence-electron chi connectivity index (χ1n) is 5.30. The molecule has 1 nitrogen and oxygen atoms in total. The Balaban J connectivity index is 3.05. The average Bonchev–Trinajstić information content (AvgIpc) is 2.24. The highest BCUT2D eigenvalue weighted by Crippen LogP contribution is 2.20. The number of rotatable bonds is 4. The molecule has 0 fully saturated rings. The van der Waals surface area contributed by atoms with Crippen molar-refractivity contribution in [2.75, 3.05) is 0 Å². The van der Waals surface area contributed by atoms with Gasteiger partial charge in [0.25, 0.3) is 0 Å². The minimum atomic E-state index is -1.24. The lowest BCUT2D eigenvalue weighted by Gasteiger charge is -2.28. The van der Waals surface area contributed by atoms with Crippen LogP contribution in [0.3, 0.4) is 0 Å². The second-order valence-corrected chi connectivity index (χ2v) is 9.36. The molecule has 0 bridgehead atoms. The summed E-state index contributed by atoms with van der Waals surface area (Å²) in [5, 5.41) is 2.05. The summed E-state index contributed by atoms with van der Waals surface area (Å²) >= 11 is 5.80. The van der Waals surface area contributed by atoms with Crippen molar-refractivity contribution in [1.29, 1.82) is 0 Å². The molecule has 1 aromatic heterocycles. The summed E-state index contributed by atoms with van der Waals surface area (Å²) in [4.78, 5) is 4.19. The smallest absolute Gasteiger partial charge is 0.128 e. The monoisotopic (exact) mass is 227 g/mol. The molecule has 0 aliphatic heterocycles. The third-order valence-electron chi connectivity index (χ3n) is 3.37. The van der Waals surface area contributed by atoms with Gasteiger partial charge in [0.05, 0.1) is 8.07 Å². The van der Waals surface area contributed by atoms with Crippen molar-refractivity contribution in [2.45, 2.75) is 38.9 Å². The van der Waals surface area contributed by atoms with Crippen LogP contribution in [0.5, 0.6) is 0 Å². The third-order valence-corrected chi connectivity index (χ3v) is 9.17. The highest BCUT2D eigenvalue weighted by atomic mass is 35.5. The van der Waals surface area contributed by atoms with Crippen molar-refractivity contribution in [3.63, 3.8) is 0 Å². The van der Waals surface area contributed by atoms with Crippen molar-refractivity contribution in [3.8, 4) is 0 Å². The first-order valence-corrected chi connectivity index (χ1v) is 8.30. The zero-order valence-corrected chi connectivity index (χ0v) is 10.9. The molecule has 0 saturated carbocycles. The summed E-state index contributed by atoms with van der Waals surface area (Å²) < 4.78 is 0. The van der Waals surface area contributed by atoms with Crippen LogP contribution in [0.4, 0.5) is 0 Å². The molecule has 1 heterocycles. The van der Waals surface area contributed by atoms with Crippen molar-refractivity contribution in [3.05, 3.63) is 23.5 Å². The maximum Gasteiger partial charge on any atom is 0.128 e. The zero-order valence-electron chi connectivity index (χ0n) is 9.18. The maximum atomic E-state index is 5.80. The molecule has 0 aromatic carbocycles. The number of hydrogen-bond acceptors (Lipinski definition) is 1. The van der Waals surface area contributed by atoms with Crippen LogP contribution < -0.4 is 5.19 Å². The Bertz CT molecular complexity index is 272. The van der Waals surface area contributed by atoms with Gasteiger partial charge in [0, 0.05) is 6.20 Å². The topological polar surface area (TPSA) is 12.9 Å². The van der Waals surface area contributed by atoms with E-state index in [0.29, 0.717) is 5.15 Å². The number of hydrogen-bond donors (Lipinski definition) is 0. The minimum absolute atomic E-state index is 0.597. The summed E-state index contributed by atoms with van der Waals surface area (Å²) in [5.41, 5.74) is 0. The number of pyridine rings is 1. The third kappa shape index (κ3) is 2.18. The highest BCUT2D eigenvalue weighted by Gasteiger charge is 2.29. The minimum Gasteiger partial charge on any atom is -0.245 e. The molecule has 1 rings (SSSR count). The lowest BCUT2D eigenvalue weighted by molar-refractivity contribution is 1.19. The normalized spacial score (nSPS) is 11.7. The average molecular weight is 228 g/mol. The SMILES string of the molecule is CC[Si](CC)(CC)c1ccc(Cl)nc1. The predicted molar refractivity (Wildman–Crippen MR) is 66.1 cm³/mol. The fraction of sp³-hybridized carbons (Fsp3) is 0.545. The van der Waals surface area contributed by atoms with Gasteiger partial charge in [0.1, 0.15) is 5.15 Å². The Morgan fingerprint density at radius 1 is 1.14 bits per heavy atom. The van der Waals surface area contributed by atoms with E-state index >= 15 is 0 Å². The largest absolute Gasteiger partial charge is 0.245 e. The van der Waals surface area contributed by atoms with Crippen LogP contribution in [-0.4, -0.2) is 13.1 Å². The molecule has 0 aliphatic carbocycles. The van der Waals surface area contributed by atoms with E-state index in [-0.39, 0.29) is 0 Å². The van der Waals surface area contributed by atoms with Gasteiger partial charge in [-0.1, -0.05) is 56.6 Å². The Hall–Kier alpha value is -0.343. The van der Waals surface area contributed by atoms with Crippen LogP contribution in [0.1, 0.15) is 20.8 Å². The number of aromatic nitrogens is 1. The molecule has 0 amide bonds. The van der Waals surface area contributed by atoms with Crippen molar-refractivity contribution < 1.29 is 0 Å². The van der Waals surface area contributed by atoms with E-state index in [0.717, 1.165) is 0 Å². The zero-order chi connectivity index (χ0) is 10.6.